The van der Waals surface area contributed by atoms with Crippen molar-refractivity contribution in [3.63, 3.8) is 0 Å². The van der Waals surface area contributed by atoms with Crippen molar-refractivity contribution in [2.24, 2.45) is 5.73 Å². The molecule has 4 nitrogen and oxygen atoms in total. The Balaban J connectivity index is 1.63. The average Bonchev–Trinajstić information content (AvgIpc) is 3.07. The molecule has 1 unspecified atom stereocenters. The summed E-state index contributed by atoms with van der Waals surface area (Å²) >= 11 is 0. The van der Waals surface area contributed by atoms with Gasteiger partial charge in [0.25, 0.3) is 0 Å². The van der Waals surface area contributed by atoms with Crippen molar-refractivity contribution in [1.29, 1.82) is 0 Å². The molecule has 1 atom stereocenters. The number of aromatic amines is 1. The highest BCUT2D eigenvalue weighted by Crippen LogP contribution is 2.24. The number of nitrogens with one attached hydrogen (secondary N) is 1. The lowest BCUT2D eigenvalue weighted by Gasteiger charge is -2.08. The number of pyridine rings is 1. The van der Waals surface area contributed by atoms with Gasteiger partial charge in [0, 0.05) is 12.4 Å². The first-order chi connectivity index (χ1) is 11.8. The number of nitrogens with two attached hydrogens (primary N) is 1. The molecule has 3 N–H and O–H groups in total. The first-order valence-electron chi connectivity index (χ1n) is 7.99. The Morgan fingerprint density at radius 3 is 2.50 bits per heavy atom. The predicted molar refractivity (Wildman–Crippen MR) is 96.4 cm³/mol. The highest BCUT2D eigenvalue weighted by atomic mass is 15.0. The van der Waals surface area contributed by atoms with Gasteiger partial charge >= 0.3 is 0 Å². The molecule has 0 radical (unpaired) electrons. The molecular formula is C20H18N4. The summed E-state index contributed by atoms with van der Waals surface area (Å²) < 4.78 is 0. The Kier molecular flexibility index (Phi) is 3.81. The molecule has 2 aromatic heterocycles. The number of rotatable bonds is 4. The van der Waals surface area contributed by atoms with E-state index in [1.54, 1.807) is 12.4 Å². The second-order valence-electron chi connectivity index (χ2n) is 5.89. The third kappa shape index (κ3) is 2.92. The Morgan fingerprint density at radius 1 is 0.917 bits per heavy atom. The maximum absolute atomic E-state index is 6.34. The minimum Gasteiger partial charge on any atom is -0.341 e. The van der Waals surface area contributed by atoms with Gasteiger partial charge in [-0.3, -0.25) is 4.98 Å². The third-order valence-corrected chi connectivity index (χ3v) is 4.16. The third-order valence-electron chi connectivity index (χ3n) is 4.16. The van der Waals surface area contributed by atoms with Gasteiger partial charge in [-0.15, -0.1) is 0 Å². The van der Waals surface area contributed by atoms with Crippen LogP contribution in [0.4, 0.5) is 0 Å². The van der Waals surface area contributed by atoms with E-state index in [0.717, 1.165) is 34.4 Å². The minimum atomic E-state index is -0.149. The summed E-state index contributed by atoms with van der Waals surface area (Å²) in [5.41, 5.74) is 11.8. The fourth-order valence-electron chi connectivity index (χ4n) is 2.89. The molecule has 0 aliphatic carbocycles. The van der Waals surface area contributed by atoms with Gasteiger partial charge in [-0.25, -0.2) is 4.98 Å². The molecule has 0 spiro atoms. The standard InChI is InChI=1S/C20H18N4/c21-17(12-14-4-2-1-3-5-14)20-23-18-7-6-16(13-19(18)24-20)15-8-10-22-11-9-15/h1-11,13,17H,12,21H2,(H,23,24). The second kappa shape index (κ2) is 6.26. The average molecular weight is 314 g/mol. The predicted octanol–water partition coefficient (Wildman–Crippen LogP) is 3.87. The van der Waals surface area contributed by atoms with Gasteiger partial charge in [0.2, 0.25) is 0 Å². The molecule has 4 rings (SSSR count). The van der Waals surface area contributed by atoms with Crippen molar-refractivity contribution in [3.05, 3.63) is 84.4 Å². The van der Waals surface area contributed by atoms with Gasteiger partial charge in [-0.2, -0.15) is 0 Å². The van der Waals surface area contributed by atoms with E-state index in [9.17, 15) is 0 Å². The van der Waals surface area contributed by atoms with Gasteiger partial charge in [0.15, 0.2) is 0 Å². The largest absolute Gasteiger partial charge is 0.341 e. The first kappa shape index (κ1) is 14.6. The summed E-state index contributed by atoms with van der Waals surface area (Å²) in [6.45, 7) is 0. The van der Waals surface area contributed by atoms with Crippen LogP contribution < -0.4 is 5.73 Å². The summed E-state index contributed by atoms with van der Waals surface area (Å²) in [6.07, 6.45) is 4.36. The van der Waals surface area contributed by atoms with Crippen LogP contribution in [-0.4, -0.2) is 15.0 Å². The first-order valence-corrected chi connectivity index (χ1v) is 7.99. The Hall–Kier alpha value is -2.98. The van der Waals surface area contributed by atoms with Gasteiger partial charge in [0.05, 0.1) is 17.1 Å². The van der Waals surface area contributed by atoms with Gasteiger partial charge in [-0.1, -0.05) is 36.4 Å². The minimum absolute atomic E-state index is 0.149. The molecule has 4 heteroatoms. The van der Waals surface area contributed by atoms with E-state index in [1.807, 2.05) is 36.4 Å². The molecule has 0 bridgehead atoms. The molecule has 0 aliphatic rings. The van der Waals surface area contributed by atoms with Crippen LogP contribution in [0.5, 0.6) is 0 Å². The van der Waals surface area contributed by atoms with Crippen molar-refractivity contribution in [1.82, 2.24) is 15.0 Å². The van der Waals surface area contributed by atoms with Crippen LogP contribution in [-0.2, 0) is 6.42 Å². The van der Waals surface area contributed by atoms with Crippen LogP contribution in [0.3, 0.4) is 0 Å². The van der Waals surface area contributed by atoms with Gasteiger partial charge < -0.3 is 10.7 Å². The van der Waals surface area contributed by atoms with E-state index < -0.39 is 0 Å². The quantitative estimate of drug-likeness (QED) is 0.601. The molecule has 118 valence electrons. The van der Waals surface area contributed by atoms with Crippen molar-refractivity contribution in [3.8, 4) is 11.1 Å². The lowest BCUT2D eigenvalue weighted by atomic mass is 10.1. The van der Waals surface area contributed by atoms with Crippen molar-refractivity contribution >= 4 is 11.0 Å². The highest BCUT2D eigenvalue weighted by Gasteiger charge is 2.12. The number of imidazole rings is 1. The van der Waals surface area contributed by atoms with Crippen LogP contribution in [0.15, 0.2) is 73.1 Å². The maximum Gasteiger partial charge on any atom is 0.124 e. The zero-order valence-electron chi connectivity index (χ0n) is 13.2. The van der Waals surface area contributed by atoms with E-state index in [0.29, 0.717) is 0 Å². The Labute approximate surface area is 140 Å². The zero-order chi connectivity index (χ0) is 16.4. The van der Waals surface area contributed by atoms with Crippen LogP contribution in [0.25, 0.3) is 22.2 Å². The zero-order valence-corrected chi connectivity index (χ0v) is 13.2. The fraction of sp³-hybridized carbons (Fsp3) is 0.100. The Morgan fingerprint density at radius 2 is 1.71 bits per heavy atom. The topological polar surface area (TPSA) is 67.6 Å². The van der Waals surface area contributed by atoms with Gasteiger partial charge in [-0.05, 0) is 47.4 Å². The van der Waals surface area contributed by atoms with E-state index in [-0.39, 0.29) is 6.04 Å². The van der Waals surface area contributed by atoms with Crippen LogP contribution in [0, 0.1) is 0 Å². The fourth-order valence-corrected chi connectivity index (χ4v) is 2.89. The van der Waals surface area contributed by atoms with Crippen molar-refractivity contribution < 1.29 is 0 Å². The Bertz CT molecular complexity index is 945. The molecule has 4 aromatic rings. The molecule has 0 amide bonds. The number of H-pyrrole nitrogens is 1. The summed E-state index contributed by atoms with van der Waals surface area (Å²) in [5.74, 6) is 0.820. The van der Waals surface area contributed by atoms with E-state index in [1.165, 1.54) is 5.56 Å². The summed E-state index contributed by atoms with van der Waals surface area (Å²) in [6, 6.07) is 20.3. The monoisotopic (exact) mass is 314 g/mol. The lowest BCUT2D eigenvalue weighted by molar-refractivity contribution is 0.680. The van der Waals surface area contributed by atoms with Gasteiger partial charge in [0.1, 0.15) is 5.82 Å². The van der Waals surface area contributed by atoms with E-state index in [4.69, 9.17) is 5.73 Å². The number of nitrogens with zero attached hydrogens (tertiary/aromatic N) is 2. The molecule has 0 aliphatic heterocycles. The number of benzene rings is 2. The maximum atomic E-state index is 6.34. The number of hydrogen-bond donors (Lipinski definition) is 2. The van der Waals surface area contributed by atoms with E-state index >= 15 is 0 Å². The molecule has 2 heterocycles. The molecular weight excluding hydrogens is 296 g/mol. The number of aromatic nitrogens is 3. The molecule has 2 aromatic carbocycles. The molecule has 24 heavy (non-hydrogen) atoms. The lowest BCUT2D eigenvalue weighted by Crippen LogP contribution is -2.14. The van der Waals surface area contributed by atoms with Crippen LogP contribution >= 0.6 is 0 Å². The summed E-state index contributed by atoms with van der Waals surface area (Å²) in [4.78, 5) is 12.1. The van der Waals surface area contributed by atoms with Crippen LogP contribution in [0.2, 0.25) is 0 Å². The molecule has 0 saturated heterocycles. The smallest absolute Gasteiger partial charge is 0.124 e. The van der Waals surface area contributed by atoms with Crippen molar-refractivity contribution in [2.75, 3.05) is 0 Å². The second-order valence-corrected chi connectivity index (χ2v) is 5.89. The SMILES string of the molecule is NC(Cc1ccccc1)c1nc2ccc(-c3ccncc3)cc2[nH]1. The summed E-state index contributed by atoms with van der Waals surface area (Å²) in [5, 5.41) is 0. The van der Waals surface area contributed by atoms with Crippen LogP contribution in [0.1, 0.15) is 17.4 Å². The molecule has 0 saturated carbocycles. The summed E-state index contributed by atoms with van der Waals surface area (Å²) in [7, 11) is 0. The van der Waals surface area contributed by atoms with Crippen molar-refractivity contribution in [2.45, 2.75) is 12.5 Å². The molecule has 0 fully saturated rings. The number of fused-ring (bicyclic) bond motifs is 1. The number of hydrogen-bond acceptors (Lipinski definition) is 3. The van der Waals surface area contributed by atoms with E-state index in [2.05, 4.69) is 39.2 Å². The highest BCUT2D eigenvalue weighted by molar-refractivity contribution is 5.82. The normalized spacial score (nSPS) is 12.4.